The van der Waals surface area contributed by atoms with Crippen molar-refractivity contribution in [1.82, 2.24) is 5.16 Å². The van der Waals surface area contributed by atoms with Crippen molar-refractivity contribution in [1.29, 1.82) is 0 Å². The molecule has 1 aliphatic rings. The first-order valence-electron chi connectivity index (χ1n) is 6.21. The molecule has 98 valence electrons. The van der Waals surface area contributed by atoms with Crippen molar-refractivity contribution in [2.75, 3.05) is 5.32 Å². The summed E-state index contributed by atoms with van der Waals surface area (Å²) in [4.78, 5) is 12.0. The molecular weight excluding hydrogens is 244 g/mol. The van der Waals surface area contributed by atoms with Crippen LogP contribution in [0.4, 0.5) is 5.69 Å². The number of benzene rings is 1. The summed E-state index contributed by atoms with van der Waals surface area (Å²) in [5.74, 6) is 0.835. The molecule has 0 radical (unpaired) electrons. The number of aromatic nitrogens is 1. The Morgan fingerprint density at radius 1 is 1.42 bits per heavy atom. The molecule has 1 aliphatic carbocycles. The van der Waals surface area contributed by atoms with E-state index >= 15 is 0 Å². The van der Waals surface area contributed by atoms with Gasteiger partial charge in [0.05, 0.1) is 5.69 Å². The summed E-state index contributed by atoms with van der Waals surface area (Å²) < 4.78 is 5.13. The lowest BCUT2D eigenvalue weighted by Crippen LogP contribution is -2.12. The number of anilines is 1. The zero-order valence-electron chi connectivity index (χ0n) is 10.5. The standard InChI is InChI=1S/C14H14N2O3/c1-8-2-5-12(17)10(6-8)15-14(18)11-7-13(19-16-11)9-3-4-9/h2,5-7,9,17H,3-4H2,1H3,(H,15,18). The minimum absolute atomic E-state index is 0.0323. The molecule has 5 heteroatoms. The van der Waals surface area contributed by atoms with Gasteiger partial charge in [-0.05, 0) is 37.5 Å². The number of aromatic hydroxyl groups is 1. The van der Waals surface area contributed by atoms with E-state index in [-0.39, 0.29) is 17.4 Å². The van der Waals surface area contributed by atoms with Gasteiger partial charge in [0.15, 0.2) is 5.69 Å². The van der Waals surface area contributed by atoms with Gasteiger partial charge in [-0.25, -0.2) is 0 Å². The van der Waals surface area contributed by atoms with Crippen molar-refractivity contribution in [3.05, 3.63) is 41.3 Å². The molecule has 19 heavy (non-hydrogen) atoms. The first-order chi connectivity index (χ1) is 9.13. The van der Waals surface area contributed by atoms with Crippen molar-refractivity contribution in [2.45, 2.75) is 25.7 Å². The van der Waals surface area contributed by atoms with Gasteiger partial charge >= 0.3 is 0 Å². The maximum atomic E-state index is 12.0. The SMILES string of the molecule is Cc1ccc(O)c(NC(=O)c2cc(C3CC3)on2)c1. The van der Waals surface area contributed by atoms with Crippen LogP contribution in [0, 0.1) is 6.92 Å². The van der Waals surface area contributed by atoms with Gasteiger partial charge in [0.2, 0.25) is 0 Å². The van der Waals surface area contributed by atoms with Crippen LogP contribution in [0.25, 0.3) is 0 Å². The van der Waals surface area contributed by atoms with E-state index in [0.717, 1.165) is 24.2 Å². The molecule has 1 amide bonds. The number of nitrogens with zero attached hydrogens (tertiary/aromatic N) is 1. The fourth-order valence-electron chi connectivity index (χ4n) is 1.89. The van der Waals surface area contributed by atoms with Gasteiger partial charge in [-0.2, -0.15) is 0 Å². The summed E-state index contributed by atoms with van der Waals surface area (Å²) in [5.41, 5.74) is 1.57. The van der Waals surface area contributed by atoms with Gasteiger partial charge in [-0.3, -0.25) is 4.79 Å². The number of rotatable bonds is 3. The molecule has 1 heterocycles. The average Bonchev–Trinajstić information content (AvgIpc) is 3.11. The van der Waals surface area contributed by atoms with E-state index in [1.54, 1.807) is 24.3 Å². The minimum Gasteiger partial charge on any atom is -0.506 e. The van der Waals surface area contributed by atoms with Gasteiger partial charge < -0.3 is 14.9 Å². The summed E-state index contributed by atoms with van der Waals surface area (Å²) in [7, 11) is 0. The number of aryl methyl sites for hydroxylation is 1. The van der Waals surface area contributed by atoms with Crippen LogP contribution in [0.3, 0.4) is 0 Å². The molecule has 5 nitrogen and oxygen atoms in total. The highest BCUT2D eigenvalue weighted by Gasteiger charge is 2.29. The van der Waals surface area contributed by atoms with Gasteiger partial charge in [-0.1, -0.05) is 11.2 Å². The van der Waals surface area contributed by atoms with E-state index in [1.165, 1.54) is 0 Å². The summed E-state index contributed by atoms with van der Waals surface area (Å²) in [6.45, 7) is 1.89. The van der Waals surface area contributed by atoms with Gasteiger partial charge in [-0.15, -0.1) is 0 Å². The number of nitrogens with one attached hydrogen (secondary N) is 1. The maximum absolute atomic E-state index is 12.0. The number of phenolic OH excluding ortho intramolecular Hbond substituents is 1. The van der Waals surface area contributed by atoms with Crippen LogP contribution in [0.2, 0.25) is 0 Å². The van der Waals surface area contributed by atoms with E-state index in [2.05, 4.69) is 10.5 Å². The van der Waals surface area contributed by atoms with E-state index in [4.69, 9.17) is 4.52 Å². The van der Waals surface area contributed by atoms with Crippen molar-refractivity contribution in [3.63, 3.8) is 0 Å². The topological polar surface area (TPSA) is 75.4 Å². The van der Waals surface area contributed by atoms with Crippen LogP contribution >= 0.6 is 0 Å². The number of amides is 1. The van der Waals surface area contributed by atoms with Crippen LogP contribution in [0.1, 0.15) is 40.6 Å². The summed E-state index contributed by atoms with van der Waals surface area (Å²) in [6.07, 6.45) is 2.18. The summed E-state index contributed by atoms with van der Waals surface area (Å²) in [6, 6.07) is 6.69. The molecular formula is C14H14N2O3. The number of hydrogen-bond donors (Lipinski definition) is 2. The predicted molar refractivity (Wildman–Crippen MR) is 69.3 cm³/mol. The Balaban J connectivity index is 1.77. The molecule has 1 aromatic heterocycles. The lowest BCUT2D eigenvalue weighted by Gasteiger charge is -2.06. The van der Waals surface area contributed by atoms with Crippen LogP contribution in [0.5, 0.6) is 5.75 Å². The maximum Gasteiger partial charge on any atom is 0.277 e. The number of carbonyl (C=O) groups is 1. The molecule has 0 atom stereocenters. The van der Waals surface area contributed by atoms with Gasteiger partial charge in [0.1, 0.15) is 11.5 Å². The molecule has 2 aromatic rings. The molecule has 1 saturated carbocycles. The van der Waals surface area contributed by atoms with E-state index in [1.807, 2.05) is 6.92 Å². The Labute approximate surface area is 110 Å². The Morgan fingerprint density at radius 2 is 2.21 bits per heavy atom. The van der Waals surface area contributed by atoms with Crippen LogP contribution in [0.15, 0.2) is 28.8 Å². The first-order valence-corrected chi connectivity index (χ1v) is 6.21. The van der Waals surface area contributed by atoms with Crippen LogP contribution in [-0.4, -0.2) is 16.2 Å². The number of hydrogen-bond acceptors (Lipinski definition) is 4. The third-order valence-corrected chi connectivity index (χ3v) is 3.14. The lowest BCUT2D eigenvalue weighted by molar-refractivity contribution is 0.101. The number of carbonyl (C=O) groups excluding carboxylic acids is 1. The molecule has 2 N–H and O–H groups in total. The Bertz CT molecular complexity index is 629. The van der Waals surface area contributed by atoms with Crippen molar-refractivity contribution >= 4 is 11.6 Å². The van der Waals surface area contributed by atoms with Gasteiger partial charge in [0, 0.05) is 12.0 Å². The Morgan fingerprint density at radius 3 is 2.95 bits per heavy atom. The average molecular weight is 258 g/mol. The minimum atomic E-state index is -0.378. The third-order valence-electron chi connectivity index (χ3n) is 3.14. The van der Waals surface area contributed by atoms with E-state index in [9.17, 15) is 9.90 Å². The molecule has 0 spiro atoms. The predicted octanol–water partition coefficient (Wildman–Crippen LogP) is 2.82. The Hall–Kier alpha value is -2.30. The fraction of sp³-hybridized carbons (Fsp3) is 0.286. The molecule has 0 saturated heterocycles. The largest absolute Gasteiger partial charge is 0.506 e. The highest BCUT2D eigenvalue weighted by Crippen LogP contribution is 2.40. The highest BCUT2D eigenvalue weighted by molar-refractivity contribution is 6.03. The second kappa shape index (κ2) is 4.42. The lowest BCUT2D eigenvalue weighted by atomic mass is 10.2. The van der Waals surface area contributed by atoms with Crippen LogP contribution in [-0.2, 0) is 0 Å². The highest BCUT2D eigenvalue weighted by atomic mass is 16.5. The second-order valence-electron chi connectivity index (χ2n) is 4.86. The summed E-state index contributed by atoms with van der Waals surface area (Å²) in [5, 5.41) is 16.1. The molecule has 0 aliphatic heterocycles. The second-order valence-corrected chi connectivity index (χ2v) is 4.86. The smallest absolute Gasteiger partial charge is 0.277 e. The first kappa shape index (κ1) is 11.8. The monoisotopic (exact) mass is 258 g/mol. The van der Waals surface area contributed by atoms with Crippen LogP contribution < -0.4 is 5.32 Å². The zero-order chi connectivity index (χ0) is 13.4. The molecule has 0 bridgehead atoms. The number of phenols is 1. The molecule has 1 aromatic carbocycles. The molecule has 1 fully saturated rings. The van der Waals surface area contributed by atoms with Crippen molar-refractivity contribution in [3.8, 4) is 5.75 Å². The van der Waals surface area contributed by atoms with Crippen molar-refractivity contribution in [2.24, 2.45) is 0 Å². The normalized spacial score (nSPS) is 14.4. The molecule has 0 unspecified atom stereocenters. The quantitative estimate of drug-likeness (QED) is 0.830. The molecule has 3 rings (SSSR count). The van der Waals surface area contributed by atoms with E-state index in [0.29, 0.717) is 11.6 Å². The van der Waals surface area contributed by atoms with Crippen molar-refractivity contribution < 1.29 is 14.4 Å². The van der Waals surface area contributed by atoms with E-state index < -0.39 is 0 Å². The fourth-order valence-corrected chi connectivity index (χ4v) is 1.89. The summed E-state index contributed by atoms with van der Waals surface area (Å²) >= 11 is 0. The zero-order valence-corrected chi connectivity index (χ0v) is 10.5. The third kappa shape index (κ3) is 2.45. The van der Waals surface area contributed by atoms with Gasteiger partial charge in [0.25, 0.3) is 5.91 Å². The Kier molecular flexibility index (Phi) is 2.74.